The van der Waals surface area contributed by atoms with E-state index in [-0.39, 0.29) is 0 Å². The summed E-state index contributed by atoms with van der Waals surface area (Å²) in [6.07, 6.45) is 11.6. The molecule has 3 aliphatic rings. The SMILES string of the molecule is c1ccc(C2CCCCC2NC2CC3CCC2C3)cc1. The van der Waals surface area contributed by atoms with Crippen LogP contribution < -0.4 is 5.32 Å². The van der Waals surface area contributed by atoms with Crippen molar-refractivity contribution in [2.24, 2.45) is 11.8 Å². The molecule has 1 aromatic carbocycles. The molecule has 3 saturated carbocycles. The Morgan fingerprint density at radius 1 is 0.800 bits per heavy atom. The van der Waals surface area contributed by atoms with Crippen molar-refractivity contribution < 1.29 is 0 Å². The number of hydrogen-bond donors (Lipinski definition) is 1. The number of fused-ring (bicyclic) bond motifs is 2. The summed E-state index contributed by atoms with van der Waals surface area (Å²) in [6, 6.07) is 12.8. The molecule has 4 rings (SSSR count). The average molecular weight is 269 g/mol. The van der Waals surface area contributed by atoms with Gasteiger partial charge in [0.15, 0.2) is 0 Å². The summed E-state index contributed by atoms with van der Waals surface area (Å²) in [5.41, 5.74) is 1.56. The van der Waals surface area contributed by atoms with Gasteiger partial charge >= 0.3 is 0 Å². The molecule has 1 heteroatoms. The largest absolute Gasteiger partial charge is 0.310 e. The number of benzene rings is 1. The van der Waals surface area contributed by atoms with Crippen LogP contribution in [0.2, 0.25) is 0 Å². The number of rotatable bonds is 3. The summed E-state index contributed by atoms with van der Waals surface area (Å²) in [6.45, 7) is 0. The van der Waals surface area contributed by atoms with E-state index in [4.69, 9.17) is 0 Å². The number of hydrogen-bond acceptors (Lipinski definition) is 1. The highest BCUT2D eigenvalue weighted by molar-refractivity contribution is 5.22. The Morgan fingerprint density at radius 2 is 1.65 bits per heavy atom. The molecule has 1 aromatic rings. The van der Waals surface area contributed by atoms with Crippen LogP contribution in [0, 0.1) is 11.8 Å². The van der Waals surface area contributed by atoms with Crippen molar-refractivity contribution in [3.05, 3.63) is 35.9 Å². The van der Waals surface area contributed by atoms with E-state index in [0.717, 1.165) is 29.8 Å². The summed E-state index contributed by atoms with van der Waals surface area (Å²) in [5.74, 6) is 2.80. The Kier molecular flexibility index (Phi) is 3.56. The van der Waals surface area contributed by atoms with Gasteiger partial charge in [-0.05, 0) is 55.4 Å². The lowest BCUT2D eigenvalue weighted by Gasteiger charge is -2.37. The first-order valence-electron chi connectivity index (χ1n) is 8.71. The molecule has 0 aliphatic heterocycles. The molecule has 0 spiro atoms. The van der Waals surface area contributed by atoms with Crippen molar-refractivity contribution in [1.82, 2.24) is 5.32 Å². The molecule has 20 heavy (non-hydrogen) atoms. The molecule has 3 fully saturated rings. The predicted molar refractivity (Wildman–Crippen MR) is 83.8 cm³/mol. The van der Waals surface area contributed by atoms with Gasteiger partial charge in [0.05, 0.1) is 0 Å². The first-order chi connectivity index (χ1) is 9.90. The van der Waals surface area contributed by atoms with Crippen molar-refractivity contribution in [1.29, 1.82) is 0 Å². The maximum absolute atomic E-state index is 4.10. The van der Waals surface area contributed by atoms with Gasteiger partial charge in [-0.25, -0.2) is 0 Å². The first kappa shape index (κ1) is 12.9. The van der Waals surface area contributed by atoms with Crippen molar-refractivity contribution >= 4 is 0 Å². The van der Waals surface area contributed by atoms with Crippen molar-refractivity contribution in [2.75, 3.05) is 0 Å². The van der Waals surface area contributed by atoms with E-state index in [1.54, 1.807) is 5.56 Å². The van der Waals surface area contributed by atoms with E-state index in [0.29, 0.717) is 0 Å². The van der Waals surface area contributed by atoms with Gasteiger partial charge in [0.25, 0.3) is 0 Å². The van der Waals surface area contributed by atoms with E-state index in [1.807, 2.05) is 0 Å². The highest BCUT2D eigenvalue weighted by Crippen LogP contribution is 2.45. The van der Waals surface area contributed by atoms with E-state index < -0.39 is 0 Å². The zero-order valence-electron chi connectivity index (χ0n) is 12.4. The molecule has 0 heterocycles. The quantitative estimate of drug-likeness (QED) is 0.852. The third-order valence-corrected chi connectivity index (χ3v) is 6.16. The molecule has 0 aromatic heterocycles. The van der Waals surface area contributed by atoms with Crippen LogP contribution in [0.25, 0.3) is 0 Å². The molecule has 5 atom stereocenters. The second kappa shape index (κ2) is 5.52. The third kappa shape index (κ3) is 2.41. The van der Waals surface area contributed by atoms with Gasteiger partial charge in [0, 0.05) is 12.1 Å². The maximum Gasteiger partial charge on any atom is 0.0138 e. The van der Waals surface area contributed by atoms with Crippen LogP contribution in [-0.2, 0) is 0 Å². The first-order valence-corrected chi connectivity index (χ1v) is 8.71. The normalized spacial score (nSPS) is 40.1. The van der Waals surface area contributed by atoms with Gasteiger partial charge in [-0.1, -0.05) is 49.6 Å². The highest BCUT2D eigenvalue weighted by atomic mass is 15.0. The summed E-state index contributed by atoms with van der Waals surface area (Å²) in [4.78, 5) is 0. The van der Waals surface area contributed by atoms with Crippen molar-refractivity contribution in [2.45, 2.75) is 69.4 Å². The Labute approximate surface area is 123 Å². The fraction of sp³-hybridized carbons (Fsp3) is 0.684. The van der Waals surface area contributed by atoms with E-state index in [9.17, 15) is 0 Å². The molecule has 1 nitrogen and oxygen atoms in total. The molecule has 0 radical (unpaired) electrons. The van der Waals surface area contributed by atoms with Crippen LogP contribution in [-0.4, -0.2) is 12.1 Å². The molecule has 1 N–H and O–H groups in total. The van der Waals surface area contributed by atoms with Crippen LogP contribution >= 0.6 is 0 Å². The lowest BCUT2D eigenvalue weighted by Crippen LogP contribution is -2.45. The van der Waals surface area contributed by atoms with Crippen LogP contribution in [0.5, 0.6) is 0 Å². The standard InChI is InChI=1S/C19H27N/c1-2-6-15(7-3-1)17-8-4-5-9-18(17)20-19-13-14-10-11-16(19)12-14/h1-3,6-7,14,16-20H,4-5,8-13H2. The van der Waals surface area contributed by atoms with Crippen molar-refractivity contribution in [3.63, 3.8) is 0 Å². The topological polar surface area (TPSA) is 12.0 Å². The van der Waals surface area contributed by atoms with Crippen LogP contribution in [0.15, 0.2) is 30.3 Å². The maximum atomic E-state index is 4.10. The minimum Gasteiger partial charge on any atom is -0.310 e. The lowest BCUT2D eigenvalue weighted by molar-refractivity contribution is 0.255. The van der Waals surface area contributed by atoms with E-state index in [1.165, 1.54) is 51.4 Å². The fourth-order valence-electron chi connectivity index (χ4n) is 5.15. The van der Waals surface area contributed by atoms with Gasteiger partial charge in [0.2, 0.25) is 0 Å². The fourth-order valence-corrected chi connectivity index (χ4v) is 5.15. The summed E-state index contributed by atoms with van der Waals surface area (Å²) in [7, 11) is 0. The molecule has 0 saturated heterocycles. The zero-order chi connectivity index (χ0) is 13.4. The minimum atomic E-state index is 0.732. The Bertz CT molecular complexity index is 440. The smallest absolute Gasteiger partial charge is 0.0138 e. The monoisotopic (exact) mass is 269 g/mol. The van der Waals surface area contributed by atoms with Gasteiger partial charge < -0.3 is 5.32 Å². The average Bonchev–Trinajstić information content (AvgIpc) is 3.11. The molecule has 2 bridgehead atoms. The third-order valence-electron chi connectivity index (χ3n) is 6.16. The molecular weight excluding hydrogens is 242 g/mol. The van der Waals surface area contributed by atoms with E-state index >= 15 is 0 Å². The van der Waals surface area contributed by atoms with Gasteiger partial charge in [-0.15, -0.1) is 0 Å². The molecule has 0 amide bonds. The molecule has 5 unspecified atom stereocenters. The van der Waals surface area contributed by atoms with Crippen LogP contribution in [0.3, 0.4) is 0 Å². The zero-order valence-corrected chi connectivity index (χ0v) is 12.4. The van der Waals surface area contributed by atoms with E-state index in [2.05, 4.69) is 35.6 Å². The molecule has 108 valence electrons. The highest BCUT2D eigenvalue weighted by Gasteiger charge is 2.41. The predicted octanol–water partition coefficient (Wildman–Crippen LogP) is 4.49. The lowest BCUT2D eigenvalue weighted by atomic mass is 9.79. The van der Waals surface area contributed by atoms with Gasteiger partial charge in [0.1, 0.15) is 0 Å². The Hall–Kier alpha value is -0.820. The summed E-state index contributed by atoms with van der Waals surface area (Å²) < 4.78 is 0. The van der Waals surface area contributed by atoms with Crippen molar-refractivity contribution in [3.8, 4) is 0 Å². The second-order valence-electron chi connectivity index (χ2n) is 7.36. The Morgan fingerprint density at radius 3 is 2.40 bits per heavy atom. The minimum absolute atomic E-state index is 0.732. The van der Waals surface area contributed by atoms with Gasteiger partial charge in [-0.2, -0.15) is 0 Å². The van der Waals surface area contributed by atoms with Gasteiger partial charge in [-0.3, -0.25) is 0 Å². The summed E-state index contributed by atoms with van der Waals surface area (Å²) in [5, 5.41) is 4.10. The molecule has 3 aliphatic carbocycles. The molecular formula is C19H27N. The van der Waals surface area contributed by atoms with Crippen LogP contribution in [0.1, 0.15) is 62.8 Å². The summed E-state index contributed by atoms with van der Waals surface area (Å²) >= 11 is 0. The second-order valence-corrected chi connectivity index (χ2v) is 7.36. The Balaban J connectivity index is 1.47. The number of nitrogens with one attached hydrogen (secondary N) is 1. The van der Waals surface area contributed by atoms with Crippen LogP contribution in [0.4, 0.5) is 0 Å².